The summed E-state index contributed by atoms with van der Waals surface area (Å²) in [6, 6.07) is 10.5. The van der Waals surface area contributed by atoms with Crippen molar-refractivity contribution >= 4 is 39.2 Å². The average molecular weight is 492 g/mol. The maximum atomic E-state index is 12.3. The molecule has 0 radical (unpaired) electrons. The van der Waals surface area contributed by atoms with E-state index in [0.717, 1.165) is 0 Å². The van der Waals surface area contributed by atoms with Gasteiger partial charge in [0.05, 0.1) is 11.3 Å². The Balaban J connectivity index is 1.44. The first-order valence-corrected chi connectivity index (χ1v) is 11.9. The predicted molar refractivity (Wildman–Crippen MR) is 122 cm³/mol. The minimum Gasteiger partial charge on any atom is -0.486 e. The summed E-state index contributed by atoms with van der Waals surface area (Å²) >= 11 is 0. The number of carbonyl (C=O) groups excluding carboxylic acids is 3. The molecular formula is C22H25N3O8S. The molecule has 0 fully saturated rings. The van der Waals surface area contributed by atoms with Crippen LogP contribution in [-0.2, 0) is 29.1 Å². The number of amides is 2. The quantitative estimate of drug-likeness (QED) is 0.448. The number of rotatable bonds is 9. The van der Waals surface area contributed by atoms with Gasteiger partial charge in [0.25, 0.3) is 5.91 Å². The molecule has 0 saturated heterocycles. The molecule has 11 nitrogen and oxygen atoms in total. The van der Waals surface area contributed by atoms with Crippen LogP contribution in [0.4, 0.5) is 11.4 Å². The molecule has 182 valence electrons. The Kier molecular flexibility index (Phi) is 8.08. The van der Waals surface area contributed by atoms with Crippen LogP contribution in [0.3, 0.4) is 0 Å². The SMILES string of the molecule is CC(=O)Nc1ccc(S(=O)(=O)NCCC(=O)OC(C)C(=O)Nc2ccc3c(c2)OCCO3)cc1. The second kappa shape index (κ2) is 11.0. The summed E-state index contributed by atoms with van der Waals surface area (Å²) in [5.41, 5.74) is 0.910. The van der Waals surface area contributed by atoms with Crippen LogP contribution in [0.5, 0.6) is 11.5 Å². The van der Waals surface area contributed by atoms with Crippen LogP contribution in [0.2, 0.25) is 0 Å². The third kappa shape index (κ3) is 6.93. The van der Waals surface area contributed by atoms with Crippen molar-refractivity contribution in [1.82, 2.24) is 4.72 Å². The van der Waals surface area contributed by atoms with E-state index in [9.17, 15) is 22.8 Å². The maximum Gasteiger partial charge on any atom is 0.307 e. The molecule has 1 unspecified atom stereocenters. The lowest BCUT2D eigenvalue weighted by Crippen LogP contribution is -2.32. The van der Waals surface area contributed by atoms with Gasteiger partial charge in [0.1, 0.15) is 13.2 Å². The number of fused-ring (bicyclic) bond motifs is 1. The molecule has 2 amide bonds. The lowest BCUT2D eigenvalue weighted by molar-refractivity contribution is -0.152. The van der Waals surface area contributed by atoms with Crippen LogP contribution >= 0.6 is 0 Å². The van der Waals surface area contributed by atoms with Crippen LogP contribution in [-0.4, -0.2) is 52.1 Å². The molecule has 3 N–H and O–H groups in total. The second-order valence-electron chi connectivity index (χ2n) is 7.33. The lowest BCUT2D eigenvalue weighted by Gasteiger charge is -2.19. The van der Waals surface area contributed by atoms with Gasteiger partial charge in [-0.15, -0.1) is 0 Å². The second-order valence-corrected chi connectivity index (χ2v) is 9.10. The number of carbonyl (C=O) groups is 3. The maximum absolute atomic E-state index is 12.3. The summed E-state index contributed by atoms with van der Waals surface area (Å²) in [5, 5.41) is 5.16. The molecule has 1 aliphatic rings. The lowest BCUT2D eigenvalue weighted by atomic mass is 10.2. The van der Waals surface area contributed by atoms with Crippen molar-refractivity contribution in [2.24, 2.45) is 0 Å². The molecule has 0 spiro atoms. The van der Waals surface area contributed by atoms with Crippen LogP contribution in [0, 0.1) is 0 Å². The van der Waals surface area contributed by atoms with Crippen molar-refractivity contribution in [2.45, 2.75) is 31.3 Å². The van der Waals surface area contributed by atoms with Crippen molar-refractivity contribution in [3.63, 3.8) is 0 Å². The Morgan fingerprint density at radius 1 is 0.971 bits per heavy atom. The number of esters is 1. The fourth-order valence-corrected chi connectivity index (χ4v) is 4.00. The van der Waals surface area contributed by atoms with Gasteiger partial charge < -0.3 is 24.8 Å². The summed E-state index contributed by atoms with van der Waals surface area (Å²) in [6.45, 7) is 3.39. The zero-order valence-electron chi connectivity index (χ0n) is 18.6. The third-order valence-corrected chi connectivity index (χ3v) is 6.07. The molecule has 2 aromatic rings. The Hall–Kier alpha value is -3.64. The number of hydrogen-bond acceptors (Lipinski definition) is 8. The Labute approximate surface area is 196 Å². The molecule has 1 aliphatic heterocycles. The van der Waals surface area contributed by atoms with Crippen molar-refractivity contribution in [3.05, 3.63) is 42.5 Å². The highest BCUT2D eigenvalue weighted by atomic mass is 32.2. The Morgan fingerprint density at radius 3 is 2.29 bits per heavy atom. The van der Waals surface area contributed by atoms with Gasteiger partial charge in [-0.2, -0.15) is 0 Å². The van der Waals surface area contributed by atoms with Crippen LogP contribution < -0.4 is 24.8 Å². The molecule has 3 rings (SSSR count). The van der Waals surface area contributed by atoms with E-state index >= 15 is 0 Å². The minimum atomic E-state index is -3.87. The van der Waals surface area contributed by atoms with Gasteiger partial charge in [-0.25, -0.2) is 13.1 Å². The first-order valence-electron chi connectivity index (χ1n) is 10.4. The third-order valence-electron chi connectivity index (χ3n) is 4.59. The minimum absolute atomic E-state index is 0.0258. The first kappa shape index (κ1) is 25.0. The molecule has 34 heavy (non-hydrogen) atoms. The number of anilines is 2. The van der Waals surface area contributed by atoms with Crippen LogP contribution in [0.1, 0.15) is 20.3 Å². The van der Waals surface area contributed by atoms with Gasteiger partial charge in [0.2, 0.25) is 15.9 Å². The fourth-order valence-electron chi connectivity index (χ4n) is 2.97. The van der Waals surface area contributed by atoms with E-state index in [1.165, 1.54) is 38.1 Å². The smallest absolute Gasteiger partial charge is 0.307 e. The van der Waals surface area contributed by atoms with Gasteiger partial charge in [-0.05, 0) is 43.3 Å². The monoisotopic (exact) mass is 491 g/mol. The highest BCUT2D eigenvalue weighted by Gasteiger charge is 2.20. The highest BCUT2D eigenvalue weighted by Crippen LogP contribution is 2.32. The van der Waals surface area contributed by atoms with E-state index in [1.54, 1.807) is 18.2 Å². The number of hydrogen-bond donors (Lipinski definition) is 3. The standard InChI is InChI=1S/C22H25N3O8S/c1-14(22(28)25-17-5-8-19-20(13-17)32-12-11-31-19)33-21(27)9-10-23-34(29,30)18-6-3-16(4-7-18)24-15(2)26/h3-8,13-14,23H,9-12H2,1-2H3,(H,24,26)(H,25,28). The van der Waals surface area contributed by atoms with E-state index < -0.39 is 28.0 Å². The Bertz CT molecular complexity index is 1170. The summed E-state index contributed by atoms with van der Waals surface area (Å²) in [5.74, 6) is -0.486. The van der Waals surface area contributed by atoms with Crippen molar-refractivity contribution in [2.75, 3.05) is 30.4 Å². The van der Waals surface area contributed by atoms with Crippen LogP contribution in [0.25, 0.3) is 0 Å². The molecular weight excluding hydrogens is 466 g/mol. The molecule has 1 heterocycles. The molecule has 12 heteroatoms. The number of sulfonamides is 1. The van der Waals surface area contributed by atoms with E-state index in [0.29, 0.717) is 36.1 Å². The van der Waals surface area contributed by atoms with Gasteiger partial charge in [0, 0.05) is 30.9 Å². The zero-order valence-corrected chi connectivity index (χ0v) is 19.4. The highest BCUT2D eigenvalue weighted by molar-refractivity contribution is 7.89. The normalized spacial score (nSPS) is 13.5. The summed E-state index contributed by atoms with van der Waals surface area (Å²) in [7, 11) is -3.87. The average Bonchev–Trinajstić information content (AvgIpc) is 2.78. The molecule has 0 aliphatic carbocycles. The molecule has 2 aromatic carbocycles. The summed E-state index contributed by atoms with van der Waals surface area (Å²) in [6.07, 6.45) is -1.37. The van der Waals surface area contributed by atoms with Gasteiger partial charge in [-0.1, -0.05) is 0 Å². The van der Waals surface area contributed by atoms with E-state index in [4.69, 9.17) is 14.2 Å². The molecule has 0 bridgehead atoms. The van der Waals surface area contributed by atoms with Crippen LogP contribution in [0.15, 0.2) is 47.4 Å². The summed E-state index contributed by atoms with van der Waals surface area (Å²) < 4.78 is 43.0. The van der Waals surface area contributed by atoms with Gasteiger partial charge in [0.15, 0.2) is 17.6 Å². The zero-order chi connectivity index (χ0) is 24.7. The van der Waals surface area contributed by atoms with Crippen molar-refractivity contribution in [1.29, 1.82) is 0 Å². The van der Waals surface area contributed by atoms with Gasteiger partial charge >= 0.3 is 5.97 Å². The van der Waals surface area contributed by atoms with Crippen molar-refractivity contribution < 1.29 is 37.0 Å². The number of nitrogens with one attached hydrogen (secondary N) is 3. The number of ether oxygens (including phenoxy) is 3. The Morgan fingerprint density at radius 2 is 1.62 bits per heavy atom. The predicted octanol–water partition coefficient (Wildman–Crippen LogP) is 1.65. The van der Waals surface area contributed by atoms with E-state index in [2.05, 4.69) is 15.4 Å². The van der Waals surface area contributed by atoms with Gasteiger partial charge in [-0.3, -0.25) is 14.4 Å². The first-order chi connectivity index (χ1) is 16.1. The largest absolute Gasteiger partial charge is 0.486 e. The van der Waals surface area contributed by atoms with Crippen molar-refractivity contribution in [3.8, 4) is 11.5 Å². The number of benzene rings is 2. The van der Waals surface area contributed by atoms with E-state index in [1.807, 2.05) is 0 Å². The van der Waals surface area contributed by atoms with E-state index in [-0.39, 0.29) is 23.8 Å². The molecule has 0 aromatic heterocycles. The fraction of sp³-hybridized carbons (Fsp3) is 0.318. The summed E-state index contributed by atoms with van der Waals surface area (Å²) in [4.78, 5) is 35.4. The molecule has 1 atom stereocenters. The molecule has 0 saturated carbocycles. The topological polar surface area (TPSA) is 149 Å².